The van der Waals surface area contributed by atoms with Crippen molar-refractivity contribution in [2.75, 3.05) is 19.6 Å². The predicted octanol–water partition coefficient (Wildman–Crippen LogP) is 2.25. The van der Waals surface area contributed by atoms with Crippen LogP contribution in [0.15, 0.2) is 18.3 Å². The van der Waals surface area contributed by atoms with Gasteiger partial charge in [-0.3, -0.25) is 9.78 Å². The van der Waals surface area contributed by atoms with Gasteiger partial charge in [0.25, 0.3) is 5.91 Å². The Kier molecular flexibility index (Phi) is 4.54. The Hall–Kier alpha value is -1.42. The summed E-state index contributed by atoms with van der Waals surface area (Å²) in [6.07, 6.45) is 7.68. The van der Waals surface area contributed by atoms with Crippen molar-refractivity contribution in [3.8, 4) is 0 Å². The molecule has 4 heteroatoms. The van der Waals surface area contributed by atoms with E-state index in [9.17, 15) is 4.79 Å². The number of pyridine rings is 1. The number of nitrogens with one attached hydrogen (secondary N) is 1. The minimum atomic E-state index is -0.0178. The van der Waals surface area contributed by atoms with Crippen molar-refractivity contribution in [3.05, 3.63) is 29.6 Å². The Bertz CT molecular complexity index is 477. The molecule has 0 aliphatic carbocycles. The van der Waals surface area contributed by atoms with Crippen molar-refractivity contribution in [1.82, 2.24) is 15.2 Å². The quantitative estimate of drug-likeness (QED) is 0.903. The van der Waals surface area contributed by atoms with Crippen molar-refractivity contribution < 1.29 is 4.79 Å². The molecule has 0 spiro atoms. The summed E-state index contributed by atoms with van der Waals surface area (Å²) in [6.45, 7) is 5.58. The molecule has 0 aromatic carbocycles. The molecule has 0 radical (unpaired) electrons. The van der Waals surface area contributed by atoms with Crippen LogP contribution in [0.2, 0.25) is 0 Å². The van der Waals surface area contributed by atoms with Crippen molar-refractivity contribution in [2.45, 2.75) is 45.1 Å². The molecular formula is C17H25N3O. The zero-order chi connectivity index (χ0) is 14.7. The van der Waals surface area contributed by atoms with E-state index in [0.29, 0.717) is 17.7 Å². The minimum Gasteiger partial charge on any atom is -0.346 e. The summed E-state index contributed by atoms with van der Waals surface area (Å²) in [5.41, 5.74) is 1.77. The van der Waals surface area contributed by atoms with E-state index in [1.54, 1.807) is 0 Å². The molecule has 1 amide bonds. The lowest BCUT2D eigenvalue weighted by atomic mass is 9.84. The second-order valence-electron chi connectivity index (χ2n) is 6.37. The van der Waals surface area contributed by atoms with Crippen molar-refractivity contribution in [2.24, 2.45) is 5.92 Å². The van der Waals surface area contributed by atoms with E-state index in [0.717, 1.165) is 13.0 Å². The van der Waals surface area contributed by atoms with Gasteiger partial charge < -0.3 is 10.2 Å². The van der Waals surface area contributed by atoms with E-state index in [1.165, 1.54) is 44.3 Å². The van der Waals surface area contributed by atoms with Crippen LogP contribution in [-0.4, -0.2) is 41.5 Å². The molecule has 0 saturated carbocycles. The third-order valence-corrected chi connectivity index (χ3v) is 4.85. The van der Waals surface area contributed by atoms with Gasteiger partial charge in [0.1, 0.15) is 5.69 Å². The number of hydrogen-bond acceptors (Lipinski definition) is 3. The lowest BCUT2D eigenvalue weighted by Crippen LogP contribution is -2.57. The summed E-state index contributed by atoms with van der Waals surface area (Å²) in [6, 6.07) is 4.21. The Morgan fingerprint density at radius 1 is 1.38 bits per heavy atom. The second-order valence-corrected chi connectivity index (χ2v) is 6.37. The summed E-state index contributed by atoms with van der Waals surface area (Å²) in [5, 5.41) is 3.19. The number of carbonyl (C=O) groups is 1. The molecule has 1 aromatic heterocycles. The zero-order valence-electron chi connectivity index (χ0n) is 12.8. The van der Waals surface area contributed by atoms with Crippen LogP contribution in [0.5, 0.6) is 0 Å². The van der Waals surface area contributed by atoms with Crippen molar-refractivity contribution in [3.63, 3.8) is 0 Å². The molecular weight excluding hydrogens is 262 g/mol. The lowest BCUT2D eigenvalue weighted by molar-refractivity contribution is 0.0618. The Labute approximate surface area is 126 Å². The summed E-state index contributed by atoms with van der Waals surface area (Å²) >= 11 is 0. The number of aryl methyl sites for hydroxylation is 1. The molecule has 1 aromatic rings. The molecule has 4 nitrogen and oxygen atoms in total. The number of fused-ring (bicyclic) bond motifs is 3. The van der Waals surface area contributed by atoms with Gasteiger partial charge in [-0.2, -0.15) is 0 Å². The van der Waals surface area contributed by atoms with Crippen molar-refractivity contribution >= 4 is 5.91 Å². The van der Waals surface area contributed by atoms with Crippen LogP contribution in [0.1, 0.15) is 48.7 Å². The molecule has 4 rings (SSSR count). The van der Waals surface area contributed by atoms with E-state index in [2.05, 4.69) is 22.1 Å². The smallest absolute Gasteiger partial charge is 0.270 e. The fourth-order valence-electron chi connectivity index (χ4n) is 3.46. The minimum absolute atomic E-state index is 0.0178. The Morgan fingerprint density at radius 3 is 2.76 bits per heavy atom. The Balaban J connectivity index is 1.57. The highest BCUT2D eigenvalue weighted by Crippen LogP contribution is 2.27. The lowest BCUT2D eigenvalue weighted by Gasteiger charge is -2.44. The maximum Gasteiger partial charge on any atom is 0.270 e. The van der Waals surface area contributed by atoms with Gasteiger partial charge in [-0.05, 0) is 56.3 Å². The number of hydrogen-bond donors (Lipinski definition) is 1. The number of piperidine rings is 3. The number of nitrogens with zero attached hydrogens (tertiary/aromatic N) is 2. The highest BCUT2D eigenvalue weighted by molar-refractivity contribution is 5.92. The fraction of sp³-hybridized carbons (Fsp3) is 0.647. The molecule has 1 unspecified atom stereocenters. The van der Waals surface area contributed by atoms with Gasteiger partial charge in [0.05, 0.1) is 0 Å². The second kappa shape index (κ2) is 6.56. The molecule has 21 heavy (non-hydrogen) atoms. The van der Waals surface area contributed by atoms with Crippen LogP contribution < -0.4 is 5.32 Å². The normalized spacial score (nSPS) is 27.6. The maximum absolute atomic E-state index is 12.3. The van der Waals surface area contributed by atoms with Crippen molar-refractivity contribution in [1.29, 1.82) is 0 Å². The van der Waals surface area contributed by atoms with Gasteiger partial charge in [-0.1, -0.05) is 19.4 Å². The van der Waals surface area contributed by atoms with E-state index in [4.69, 9.17) is 0 Å². The first-order valence-electron chi connectivity index (χ1n) is 8.24. The molecule has 4 heterocycles. The molecule has 3 saturated heterocycles. The van der Waals surface area contributed by atoms with Crippen LogP contribution in [0.4, 0.5) is 0 Å². The van der Waals surface area contributed by atoms with E-state index in [-0.39, 0.29) is 5.91 Å². The van der Waals surface area contributed by atoms with Gasteiger partial charge in [0, 0.05) is 18.8 Å². The number of unbranched alkanes of at least 4 members (excludes halogenated alkanes) is 1. The van der Waals surface area contributed by atoms with Crippen LogP contribution >= 0.6 is 0 Å². The Morgan fingerprint density at radius 2 is 2.19 bits per heavy atom. The van der Waals surface area contributed by atoms with Gasteiger partial charge >= 0.3 is 0 Å². The number of aromatic nitrogens is 1. The number of carbonyl (C=O) groups excluding carboxylic acids is 1. The molecule has 3 aliphatic heterocycles. The highest BCUT2D eigenvalue weighted by atomic mass is 16.1. The van der Waals surface area contributed by atoms with Crippen LogP contribution in [-0.2, 0) is 6.42 Å². The van der Waals surface area contributed by atoms with Crippen LogP contribution in [0.3, 0.4) is 0 Å². The monoisotopic (exact) mass is 287 g/mol. The highest BCUT2D eigenvalue weighted by Gasteiger charge is 2.35. The van der Waals surface area contributed by atoms with Crippen LogP contribution in [0, 0.1) is 5.92 Å². The molecule has 1 N–H and O–H groups in total. The molecule has 2 bridgehead atoms. The maximum atomic E-state index is 12.3. The van der Waals surface area contributed by atoms with Gasteiger partial charge in [-0.25, -0.2) is 0 Å². The number of rotatable bonds is 5. The summed E-state index contributed by atoms with van der Waals surface area (Å²) in [4.78, 5) is 19.1. The standard InChI is InChI=1S/C17H25N3O/c1-2-3-4-13-5-6-15(18-11-13)17(21)19-16-12-20-9-7-14(16)8-10-20/h5-6,11,14,16H,2-4,7-10,12H2,1H3,(H,19,21). The molecule has 3 fully saturated rings. The summed E-state index contributed by atoms with van der Waals surface area (Å²) < 4.78 is 0. The fourth-order valence-corrected chi connectivity index (χ4v) is 3.46. The molecule has 3 aliphatic rings. The van der Waals surface area contributed by atoms with E-state index < -0.39 is 0 Å². The third-order valence-electron chi connectivity index (χ3n) is 4.85. The summed E-state index contributed by atoms with van der Waals surface area (Å²) in [5.74, 6) is 0.638. The van der Waals surface area contributed by atoms with Gasteiger partial charge in [-0.15, -0.1) is 0 Å². The topological polar surface area (TPSA) is 45.2 Å². The average molecular weight is 287 g/mol. The van der Waals surface area contributed by atoms with Gasteiger partial charge in [0.2, 0.25) is 0 Å². The van der Waals surface area contributed by atoms with E-state index in [1.807, 2.05) is 18.3 Å². The van der Waals surface area contributed by atoms with E-state index >= 15 is 0 Å². The SMILES string of the molecule is CCCCc1ccc(C(=O)NC2CN3CCC2CC3)nc1. The summed E-state index contributed by atoms with van der Waals surface area (Å²) in [7, 11) is 0. The first-order chi connectivity index (χ1) is 10.3. The first-order valence-corrected chi connectivity index (χ1v) is 8.24. The largest absolute Gasteiger partial charge is 0.346 e. The first kappa shape index (κ1) is 14.5. The molecule has 114 valence electrons. The number of amides is 1. The van der Waals surface area contributed by atoms with Crippen LogP contribution in [0.25, 0.3) is 0 Å². The predicted molar refractivity (Wildman–Crippen MR) is 83.3 cm³/mol. The zero-order valence-corrected chi connectivity index (χ0v) is 12.8. The average Bonchev–Trinajstić information content (AvgIpc) is 2.54. The molecule has 1 atom stereocenters. The van der Waals surface area contributed by atoms with Gasteiger partial charge in [0.15, 0.2) is 0 Å². The third kappa shape index (κ3) is 3.43.